The zero-order chi connectivity index (χ0) is 22.5. The number of nitriles is 1. The summed E-state index contributed by atoms with van der Waals surface area (Å²) in [5, 5.41) is 27.4. The number of benzene rings is 1. The van der Waals surface area contributed by atoms with Crippen molar-refractivity contribution in [1.82, 2.24) is 15.6 Å². The fourth-order valence-corrected chi connectivity index (χ4v) is 3.24. The first-order chi connectivity index (χ1) is 14.9. The Morgan fingerprint density at radius 1 is 1.48 bits per heavy atom. The number of pyridine rings is 1. The minimum absolute atomic E-state index is 0.108. The Bertz CT molecular complexity index is 1150. The number of fused-ring (bicyclic) bond motifs is 3. The van der Waals surface area contributed by atoms with Crippen LogP contribution in [0.15, 0.2) is 53.0 Å². The molecule has 31 heavy (non-hydrogen) atoms. The van der Waals surface area contributed by atoms with Crippen molar-refractivity contribution < 1.29 is 9.13 Å². The van der Waals surface area contributed by atoms with Crippen molar-refractivity contribution in [2.24, 2.45) is 5.11 Å². The van der Waals surface area contributed by atoms with Gasteiger partial charge in [0.1, 0.15) is 18.0 Å². The highest BCUT2D eigenvalue weighted by molar-refractivity contribution is 6.12. The van der Waals surface area contributed by atoms with E-state index in [-0.39, 0.29) is 35.2 Å². The molecule has 3 rings (SSSR count). The molecule has 1 aromatic heterocycles. The smallest absolute Gasteiger partial charge is 0.186 e. The third kappa shape index (κ3) is 4.35. The van der Waals surface area contributed by atoms with E-state index in [1.54, 1.807) is 26.2 Å². The number of anilines is 1. The van der Waals surface area contributed by atoms with Crippen molar-refractivity contribution in [3.63, 3.8) is 0 Å². The van der Waals surface area contributed by atoms with Crippen molar-refractivity contribution in [3.05, 3.63) is 70.4 Å². The van der Waals surface area contributed by atoms with Crippen LogP contribution in [0.25, 0.3) is 5.70 Å². The molecule has 1 aromatic carbocycles. The SMILES string of the molecule is CN/C=C1/CN/C(=C(/C#N)N=N)c2cnc(N)c(c2)OC(C)c2cc(F)ccc2C1=N. The number of ether oxygens (including phenoxy) is 1. The summed E-state index contributed by atoms with van der Waals surface area (Å²) >= 11 is 0. The molecule has 6 N–H and O–H groups in total. The molecular formula is C21H21FN8O. The van der Waals surface area contributed by atoms with Gasteiger partial charge in [0, 0.05) is 48.3 Å². The zero-order valence-corrected chi connectivity index (χ0v) is 17.0. The van der Waals surface area contributed by atoms with Crippen LogP contribution in [0.3, 0.4) is 0 Å². The molecule has 0 spiro atoms. The highest BCUT2D eigenvalue weighted by Gasteiger charge is 2.22. The molecule has 1 unspecified atom stereocenters. The highest BCUT2D eigenvalue weighted by atomic mass is 19.1. The fourth-order valence-electron chi connectivity index (χ4n) is 3.24. The van der Waals surface area contributed by atoms with Crippen molar-refractivity contribution in [2.75, 3.05) is 19.3 Å². The second-order valence-electron chi connectivity index (χ2n) is 6.73. The maximum Gasteiger partial charge on any atom is 0.186 e. The van der Waals surface area contributed by atoms with Gasteiger partial charge in [0.2, 0.25) is 0 Å². The number of halogens is 1. The Kier molecular flexibility index (Phi) is 6.26. The molecule has 0 radical (unpaired) electrons. The Morgan fingerprint density at radius 2 is 2.26 bits per heavy atom. The maximum atomic E-state index is 14.0. The van der Waals surface area contributed by atoms with E-state index in [0.29, 0.717) is 22.3 Å². The second-order valence-corrected chi connectivity index (χ2v) is 6.73. The Morgan fingerprint density at radius 3 is 2.94 bits per heavy atom. The van der Waals surface area contributed by atoms with Gasteiger partial charge in [-0.15, -0.1) is 5.11 Å². The molecule has 1 aliphatic heterocycles. The van der Waals surface area contributed by atoms with Crippen LogP contribution in [0.2, 0.25) is 0 Å². The molecule has 10 heteroatoms. The molecule has 9 nitrogen and oxygen atoms in total. The second kappa shape index (κ2) is 9.04. The number of aromatic nitrogens is 1. The molecule has 1 aliphatic rings. The summed E-state index contributed by atoms with van der Waals surface area (Å²) in [5.41, 5.74) is 15.5. The van der Waals surface area contributed by atoms with Crippen LogP contribution in [0.1, 0.15) is 29.7 Å². The minimum atomic E-state index is -0.655. The number of nitrogens with zero attached hydrogens (tertiary/aromatic N) is 3. The highest BCUT2D eigenvalue weighted by Crippen LogP contribution is 2.32. The van der Waals surface area contributed by atoms with Gasteiger partial charge in [-0.1, -0.05) is 0 Å². The quantitative estimate of drug-likeness (QED) is 0.371. The number of allylic oxidation sites excluding steroid dienone is 1. The summed E-state index contributed by atoms with van der Waals surface area (Å²) in [7, 11) is 1.69. The van der Waals surface area contributed by atoms with Gasteiger partial charge in [0.05, 0.1) is 11.4 Å². The van der Waals surface area contributed by atoms with E-state index >= 15 is 0 Å². The predicted octanol–water partition coefficient (Wildman–Crippen LogP) is 3.24. The molecule has 158 valence electrons. The number of hydrogen-bond donors (Lipinski definition) is 5. The molecule has 0 fully saturated rings. The van der Waals surface area contributed by atoms with Crippen LogP contribution >= 0.6 is 0 Å². The van der Waals surface area contributed by atoms with Gasteiger partial charge in [-0.3, -0.25) is 5.41 Å². The maximum absolute atomic E-state index is 14.0. The number of nitrogens with one attached hydrogen (secondary N) is 4. The van der Waals surface area contributed by atoms with Crippen molar-refractivity contribution in [2.45, 2.75) is 13.0 Å². The molecule has 0 saturated heterocycles. The van der Waals surface area contributed by atoms with Crippen LogP contribution < -0.4 is 21.1 Å². The standard InChI is InChI=1S/C21H21FN8O/c1-11-16-6-14(22)3-4-15(16)19(24)13(8-27-2)10-28-20(17(7-23)30-26)12-5-18(31-11)21(25)29-9-12/h3-6,8-9,11,24,26-28H,10H2,1-2H3,(H2,25,29)/b13-8-,20-17-,24-19?,30-26?. The summed E-state index contributed by atoms with van der Waals surface area (Å²) in [4.78, 5) is 4.13. The van der Waals surface area contributed by atoms with Gasteiger partial charge >= 0.3 is 0 Å². The van der Waals surface area contributed by atoms with Crippen molar-refractivity contribution in [1.29, 1.82) is 16.2 Å². The fraction of sp³-hybridized carbons (Fsp3) is 0.190. The molecule has 2 bridgehead atoms. The van der Waals surface area contributed by atoms with Crippen LogP contribution in [-0.2, 0) is 0 Å². The summed E-state index contributed by atoms with van der Waals surface area (Å²) in [6.07, 6.45) is 2.41. The lowest BCUT2D eigenvalue weighted by atomic mass is 9.94. The molecule has 0 saturated carbocycles. The first-order valence-corrected chi connectivity index (χ1v) is 9.32. The van der Waals surface area contributed by atoms with Gasteiger partial charge in [-0.2, -0.15) is 5.26 Å². The molecule has 0 amide bonds. The molecule has 1 atom stereocenters. The Labute approximate surface area is 178 Å². The average molecular weight is 420 g/mol. The van der Waals surface area contributed by atoms with E-state index in [4.69, 9.17) is 21.4 Å². The third-order valence-electron chi connectivity index (χ3n) is 4.74. The van der Waals surface area contributed by atoms with E-state index in [2.05, 4.69) is 20.7 Å². The molecule has 2 aromatic rings. The number of nitrogens with two attached hydrogens (primary N) is 1. The van der Waals surface area contributed by atoms with Crippen molar-refractivity contribution >= 4 is 17.2 Å². The Hall–Kier alpha value is -4.26. The Balaban J connectivity index is 2.27. The third-order valence-corrected chi connectivity index (χ3v) is 4.74. The zero-order valence-electron chi connectivity index (χ0n) is 17.0. The van der Waals surface area contributed by atoms with E-state index in [0.717, 1.165) is 0 Å². The van der Waals surface area contributed by atoms with Crippen molar-refractivity contribution in [3.8, 4) is 11.8 Å². The van der Waals surface area contributed by atoms with Gasteiger partial charge in [0.15, 0.2) is 17.3 Å². The van der Waals surface area contributed by atoms with E-state index in [1.807, 2.05) is 6.07 Å². The lowest BCUT2D eigenvalue weighted by Crippen LogP contribution is -2.24. The van der Waals surface area contributed by atoms with Crippen LogP contribution in [0, 0.1) is 28.1 Å². The summed E-state index contributed by atoms with van der Waals surface area (Å²) in [6.45, 7) is 1.85. The number of nitrogen functional groups attached to an aromatic ring is 1. The first kappa shape index (κ1) is 21.4. The van der Waals surface area contributed by atoms with Gasteiger partial charge in [-0.25, -0.2) is 14.9 Å². The first-order valence-electron chi connectivity index (χ1n) is 9.32. The molecule has 2 heterocycles. The normalized spacial score (nSPS) is 19.0. The number of hydrogen-bond acceptors (Lipinski definition) is 9. The van der Waals surface area contributed by atoms with Crippen LogP contribution in [0.5, 0.6) is 5.75 Å². The lowest BCUT2D eigenvalue weighted by molar-refractivity contribution is 0.227. The predicted molar refractivity (Wildman–Crippen MR) is 114 cm³/mol. The minimum Gasteiger partial charge on any atom is -0.482 e. The topological polar surface area (TPSA) is 156 Å². The average Bonchev–Trinajstić information content (AvgIpc) is 2.76. The monoisotopic (exact) mass is 420 g/mol. The van der Waals surface area contributed by atoms with Gasteiger partial charge in [0.25, 0.3) is 0 Å². The largest absolute Gasteiger partial charge is 0.482 e. The van der Waals surface area contributed by atoms with Gasteiger partial charge in [-0.05, 0) is 31.2 Å². The summed E-state index contributed by atoms with van der Waals surface area (Å²) in [6, 6.07) is 7.60. The van der Waals surface area contributed by atoms with E-state index < -0.39 is 11.9 Å². The number of rotatable bonds is 2. The summed E-state index contributed by atoms with van der Waals surface area (Å²) in [5.74, 6) is -0.121. The molecule has 0 aliphatic carbocycles. The van der Waals surface area contributed by atoms with Crippen LogP contribution in [-0.4, -0.2) is 24.3 Å². The van der Waals surface area contributed by atoms with Crippen LogP contribution in [0.4, 0.5) is 10.2 Å². The van der Waals surface area contributed by atoms with E-state index in [1.165, 1.54) is 24.4 Å². The van der Waals surface area contributed by atoms with Gasteiger partial charge < -0.3 is 21.1 Å². The van der Waals surface area contributed by atoms with E-state index in [9.17, 15) is 9.65 Å². The lowest BCUT2D eigenvalue weighted by Gasteiger charge is -2.23. The molecular weight excluding hydrogens is 399 g/mol. The summed E-state index contributed by atoms with van der Waals surface area (Å²) < 4.78 is 20.0.